The Labute approximate surface area is 104 Å². The summed E-state index contributed by atoms with van der Waals surface area (Å²) in [6.07, 6.45) is 4.15. The average molecular weight is 269 g/mol. The molecule has 0 atom stereocenters. The minimum atomic E-state index is -3.66. The number of rotatable bonds is 5. The Kier molecular flexibility index (Phi) is 3.58. The summed E-state index contributed by atoms with van der Waals surface area (Å²) in [6.45, 7) is 0.395. The standard InChI is InChI=1S/C10H11N3O4S/c14-10-3-7-18(15,16)13(10)12-5-6-17-9-2-1-4-11-8-9/h1-4,7-8,12H,5-6H2. The molecule has 1 aliphatic heterocycles. The number of hydrazine groups is 1. The molecule has 0 fully saturated rings. The lowest BCUT2D eigenvalue weighted by molar-refractivity contribution is -0.123. The molecule has 96 valence electrons. The van der Waals surface area contributed by atoms with Gasteiger partial charge in [-0.15, -0.1) is 0 Å². The predicted octanol–water partition coefficient (Wildman–Crippen LogP) is -0.349. The van der Waals surface area contributed by atoms with Gasteiger partial charge in [0, 0.05) is 12.3 Å². The predicted molar refractivity (Wildman–Crippen MR) is 62.6 cm³/mol. The van der Waals surface area contributed by atoms with Crippen molar-refractivity contribution in [1.82, 2.24) is 14.8 Å². The monoisotopic (exact) mass is 269 g/mol. The van der Waals surface area contributed by atoms with Gasteiger partial charge in [-0.3, -0.25) is 9.78 Å². The van der Waals surface area contributed by atoms with Crippen molar-refractivity contribution in [2.24, 2.45) is 0 Å². The van der Waals surface area contributed by atoms with E-state index in [9.17, 15) is 13.2 Å². The number of hydrogen-bond donors (Lipinski definition) is 1. The van der Waals surface area contributed by atoms with Crippen molar-refractivity contribution in [2.75, 3.05) is 13.2 Å². The molecule has 2 rings (SSSR count). The van der Waals surface area contributed by atoms with Crippen LogP contribution in [-0.2, 0) is 14.8 Å². The number of ether oxygens (including phenoxy) is 1. The minimum absolute atomic E-state index is 0.182. The molecule has 0 saturated carbocycles. The van der Waals surface area contributed by atoms with Gasteiger partial charge in [0.2, 0.25) is 0 Å². The van der Waals surface area contributed by atoms with E-state index in [2.05, 4.69) is 10.4 Å². The van der Waals surface area contributed by atoms with Crippen LogP contribution in [0.3, 0.4) is 0 Å². The van der Waals surface area contributed by atoms with Crippen LogP contribution in [0.4, 0.5) is 0 Å². The van der Waals surface area contributed by atoms with Crippen molar-refractivity contribution >= 4 is 15.9 Å². The number of amides is 1. The highest BCUT2D eigenvalue weighted by atomic mass is 32.2. The highest BCUT2D eigenvalue weighted by molar-refractivity contribution is 7.93. The molecule has 1 aromatic rings. The number of nitrogens with zero attached hydrogens (tertiary/aromatic N) is 2. The van der Waals surface area contributed by atoms with E-state index in [0.717, 1.165) is 11.5 Å². The fourth-order valence-electron chi connectivity index (χ4n) is 1.31. The molecule has 0 radical (unpaired) electrons. The Morgan fingerprint density at radius 3 is 2.89 bits per heavy atom. The molecule has 1 N–H and O–H groups in total. The zero-order valence-electron chi connectivity index (χ0n) is 9.31. The molecule has 1 amide bonds. The van der Waals surface area contributed by atoms with Crippen molar-refractivity contribution in [3.63, 3.8) is 0 Å². The second kappa shape index (κ2) is 5.15. The summed E-state index contributed by atoms with van der Waals surface area (Å²) in [5.74, 6) is -0.0376. The molecular weight excluding hydrogens is 258 g/mol. The third-order valence-corrected chi connectivity index (χ3v) is 3.40. The number of hydrogen-bond acceptors (Lipinski definition) is 6. The van der Waals surface area contributed by atoms with Crippen LogP contribution in [0.15, 0.2) is 36.0 Å². The van der Waals surface area contributed by atoms with Crippen LogP contribution in [0.2, 0.25) is 0 Å². The van der Waals surface area contributed by atoms with Gasteiger partial charge in [0.25, 0.3) is 15.9 Å². The molecule has 0 aromatic carbocycles. The average Bonchev–Trinajstić information content (AvgIpc) is 2.62. The normalized spacial score (nSPS) is 17.1. The van der Waals surface area contributed by atoms with Gasteiger partial charge >= 0.3 is 0 Å². The van der Waals surface area contributed by atoms with Crippen molar-refractivity contribution in [3.8, 4) is 5.75 Å². The number of nitrogens with one attached hydrogen (secondary N) is 1. The minimum Gasteiger partial charge on any atom is -0.491 e. The summed E-state index contributed by atoms with van der Waals surface area (Å²) in [5, 5.41) is 0.851. The van der Waals surface area contributed by atoms with Crippen molar-refractivity contribution in [3.05, 3.63) is 36.0 Å². The van der Waals surface area contributed by atoms with E-state index in [1.807, 2.05) is 0 Å². The maximum Gasteiger partial charge on any atom is 0.275 e. The van der Waals surface area contributed by atoms with E-state index in [1.165, 1.54) is 0 Å². The highest BCUT2D eigenvalue weighted by Gasteiger charge is 2.29. The maximum atomic E-state index is 11.3. The van der Waals surface area contributed by atoms with Crippen molar-refractivity contribution < 1.29 is 17.9 Å². The van der Waals surface area contributed by atoms with Gasteiger partial charge in [0.15, 0.2) is 0 Å². The SMILES string of the molecule is O=C1C=CS(=O)(=O)N1NCCOc1cccnc1. The van der Waals surface area contributed by atoms with E-state index >= 15 is 0 Å². The fourth-order valence-corrected chi connectivity index (χ4v) is 2.31. The topological polar surface area (TPSA) is 88.6 Å². The lowest BCUT2D eigenvalue weighted by Gasteiger charge is -2.15. The molecule has 1 aliphatic rings. The Hall–Kier alpha value is -1.93. The van der Waals surface area contributed by atoms with Gasteiger partial charge in [0.1, 0.15) is 12.4 Å². The Bertz CT molecular complexity index is 556. The fraction of sp³-hybridized carbons (Fsp3) is 0.200. The Morgan fingerprint density at radius 2 is 2.28 bits per heavy atom. The number of aromatic nitrogens is 1. The van der Waals surface area contributed by atoms with Gasteiger partial charge in [-0.2, -0.15) is 4.41 Å². The van der Waals surface area contributed by atoms with Crippen molar-refractivity contribution in [1.29, 1.82) is 0 Å². The largest absolute Gasteiger partial charge is 0.491 e. The summed E-state index contributed by atoms with van der Waals surface area (Å²) in [4.78, 5) is 15.1. The summed E-state index contributed by atoms with van der Waals surface area (Å²) in [5.41, 5.74) is 2.48. The molecular formula is C10H11N3O4S. The summed E-state index contributed by atoms with van der Waals surface area (Å²) in [7, 11) is -3.66. The van der Waals surface area contributed by atoms with E-state index in [-0.39, 0.29) is 13.2 Å². The van der Waals surface area contributed by atoms with E-state index in [4.69, 9.17) is 4.74 Å². The molecule has 7 nitrogen and oxygen atoms in total. The molecule has 0 saturated heterocycles. The zero-order valence-corrected chi connectivity index (χ0v) is 10.1. The van der Waals surface area contributed by atoms with Gasteiger partial charge in [-0.1, -0.05) is 0 Å². The number of pyridine rings is 1. The summed E-state index contributed by atoms with van der Waals surface area (Å²) in [6, 6.07) is 3.45. The van der Waals surface area contributed by atoms with Crippen LogP contribution in [0.5, 0.6) is 5.75 Å². The van der Waals surface area contributed by atoms with Gasteiger partial charge in [-0.25, -0.2) is 13.8 Å². The summed E-state index contributed by atoms with van der Waals surface area (Å²) < 4.78 is 28.6. The van der Waals surface area contributed by atoms with Crippen LogP contribution in [-0.4, -0.2) is 36.9 Å². The first-order valence-corrected chi connectivity index (χ1v) is 6.63. The van der Waals surface area contributed by atoms with Gasteiger partial charge < -0.3 is 4.74 Å². The number of carbonyl (C=O) groups excluding carboxylic acids is 1. The lowest BCUT2D eigenvalue weighted by Crippen LogP contribution is -2.44. The van der Waals surface area contributed by atoms with Gasteiger partial charge in [0.05, 0.1) is 18.1 Å². The number of carbonyl (C=O) groups is 1. The van der Waals surface area contributed by atoms with Crippen LogP contribution >= 0.6 is 0 Å². The quantitative estimate of drug-likeness (QED) is 0.735. The van der Waals surface area contributed by atoms with Crippen molar-refractivity contribution in [2.45, 2.75) is 0 Å². The van der Waals surface area contributed by atoms with Gasteiger partial charge in [-0.05, 0) is 12.1 Å². The van der Waals surface area contributed by atoms with E-state index in [0.29, 0.717) is 10.2 Å². The molecule has 18 heavy (non-hydrogen) atoms. The smallest absolute Gasteiger partial charge is 0.275 e. The molecule has 8 heteroatoms. The molecule has 1 aromatic heterocycles. The molecule has 0 spiro atoms. The molecule has 0 unspecified atom stereocenters. The first kappa shape index (κ1) is 12.5. The number of sulfonamides is 1. The molecule has 0 bridgehead atoms. The first-order chi connectivity index (χ1) is 8.59. The van der Waals surface area contributed by atoms with Crippen LogP contribution in [0.1, 0.15) is 0 Å². The lowest BCUT2D eigenvalue weighted by atomic mass is 10.5. The first-order valence-electron chi connectivity index (χ1n) is 5.13. The third-order valence-electron chi connectivity index (χ3n) is 2.10. The summed E-state index contributed by atoms with van der Waals surface area (Å²) >= 11 is 0. The van der Waals surface area contributed by atoms with Crippen LogP contribution in [0, 0.1) is 0 Å². The Morgan fingerprint density at radius 1 is 1.44 bits per heavy atom. The maximum absolute atomic E-state index is 11.3. The van der Waals surface area contributed by atoms with E-state index in [1.54, 1.807) is 24.5 Å². The van der Waals surface area contributed by atoms with Crippen LogP contribution < -0.4 is 10.2 Å². The second-order valence-corrected chi connectivity index (χ2v) is 5.06. The third kappa shape index (κ3) is 2.84. The second-order valence-electron chi connectivity index (χ2n) is 3.40. The molecule has 2 heterocycles. The Balaban J connectivity index is 1.78. The van der Waals surface area contributed by atoms with Crippen LogP contribution in [0.25, 0.3) is 0 Å². The van der Waals surface area contributed by atoms with E-state index < -0.39 is 15.9 Å². The molecule has 0 aliphatic carbocycles. The zero-order chi connectivity index (χ0) is 13.0. The highest BCUT2D eigenvalue weighted by Crippen LogP contribution is 2.09.